The molecule has 3 amide bonds. The molecule has 1 aromatic heterocycles. The van der Waals surface area contributed by atoms with Crippen LogP contribution in [-0.4, -0.2) is 60.8 Å². The average molecular weight is 533 g/mol. The van der Waals surface area contributed by atoms with Gasteiger partial charge in [-0.2, -0.15) is 5.26 Å². The Bertz CT molecular complexity index is 1090. The highest BCUT2D eigenvalue weighted by Crippen LogP contribution is 2.35. The smallest absolute Gasteiger partial charge is 0.251 e. The number of likely N-dealkylation sites (tertiary alicyclic amines) is 1. The number of amides is 3. The summed E-state index contributed by atoms with van der Waals surface area (Å²) < 4.78 is 12.3. The first kappa shape index (κ1) is 23.4. The maximum atomic E-state index is 13.0. The number of benzene rings is 1. The van der Waals surface area contributed by atoms with E-state index in [-0.39, 0.29) is 37.9 Å². The van der Waals surface area contributed by atoms with E-state index in [0.717, 1.165) is 10.0 Å². The van der Waals surface area contributed by atoms with Gasteiger partial charge >= 0.3 is 0 Å². The zero-order chi connectivity index (χ0) is 23.4. The second-order valence-corrected chi connectivity index (χ2v) is 9.51. The van der Waals surface area contributed by atoms with Crippen LogP contribution in [0.25, 0.3) is 0 Å². The average Bonchev–Trinajstić information content (AvgIpc) is 3.56. The quantitative estimate of drug-likeness (QED) is 0.584. The first-order valence-electron chi connectivity index (χ1n) is 10.3. The summed E-state index contributed by atoms with van der Waals surface area (Å²) in [6.07, 6.45) is 0.207. The molecular formula is C22H21BrN4O5S. The van der Waals surface area contributed by atoms with Crippen LogP contribution in [0.4, 0.5) is 0 Å². The van der Waals surface area contributed by atoms with Crippen molar-refractivity contribution in [3.8, 4) is 6.07 Å². The van der Waals surface area contributed by atoms with Crippen LogP contribution >= 0.6 is 27.3 Å². The molecule has 0 bridgehead atoms. The van der Waals surface area contributed by atoms with Gasteiger partial charge in [0.2, 0.25) is 11.8 Å². The molecule has 2 N–H and O–H groups in total. The molecule has 11 heteroatoms. The number of halogens is 1. The molecule has 2 aliphatic heterocycles. The van der Waals surface area contributed by atoms with Gasteiger partial charge < -0.3 is 25.0 Å². The molecule has 2 aliphatic rings. The van der Waals surface area contributed by atoms with E-state index in [1.165, 1.54) is 16.2 Å². The van der Waals surface area contributed by atoms with Crippen molar-refractivity contribution in [3.05, 3.63) is 56.2 Å². The van der Waals surface area contributed by atoms with E-state index in [0.29, 0.717) is 23.7 Å². The van der Waals surface area contributed by atoms with Gasteiger partial charge in [-0.3, -0.25) is 14.4 Å². The van der Waals surface area contributed by atoms with Crippen molar-refractivity contribution in [2.75, 3.05) is 26.3 Å². The van der Waals surface area contributed by atoms with Gasteiger partial charge in [0, 0.05) is 23.0 Å². The van der Waals surface area contributed by atoms with Crippen molar-refractivity contribution < 1.29 is 23.9 Å². The van der Waals surface area contributed by atoms with Gasteiger partial charge in [-0.25, -0.2) is 0 Å². The van der Waals surface area contributed by atoms with Crippen molar-refractivity contribution in [2.24, 2.45) is 0 Å². The molecule has 1 spiro atoms. The maximum Gasteiger partial charge on any atom is 0.251 e. The van der Waals surface area contributed by atoms with Crippen LogP contribution in [-0.2, 0) is 25.6 Å². The van der Waals surface area contributed by atoms with E-state index < -0.39 is 17.7 Å². The number of carbonyl (C=O) groups excluding carboxylic acids is 3. The highest BCUT2D eigenvalue weighted by atomic mass is 79.9. The molecule has 1 unspecified atom stereocenters. The fraction of sp³-hybridized carbons (Fsp3) is 0.364. The monoisotopic (exact) mass is 532 g/mol. The number of hydrogen-bond donors (Lipinski definition) is 2. The van der Waals surface area contributed by atoms with Gasteiger partial charge in [0.25, 0.3) is 5.91 Å². The molecule has 2 saturated heterocycles. The van der Waals surface area contributed by atoms with Crippen LogP contribution in [0.5, 0.6) is 0 Å². The molecule has 0 radical (unpaired) electrons. The summed E-state index contributed by atoms with van der Waals surface area (Å²) >= 11 is 4.62. The van der Waals surface area contributed by atoms with E-state index in [9.17, 15) is 14.4 Å². The lowest BCUT2D eigenvalue weighted by Gasteiger charge is -2.24. The SMILES string of the molecule is N#Cc1cc(CNC(=O)C2CC3(CN2C(=O)CNC(=O)c2ccc(Br)cc2)OCCO3)cs1. The van der Waals surface area contributed by atoms with E-state index in [1.807, 2.05) is 0 Å². The Morgan fingerprint density at radius 3 is 2.61 bits per heavy atom. The summed E-state index contributed by atoms with van der Waals surface area (Å²) in [5.41, 5.74) is 1.23. The van der Waals surface area contributed by atoms with E-state index in [1.54, 1.807) is 35.7 Å². The van der Waals surface area contributed by atoms with Crippen LogP contribution in [0.15, 0.2) is 40.2 Å². The molecule has 0 aliphatic carbocycles. The minimum absolute atomic E-state index is 0.106. The summed E-state index contributed by atoms with van der Waals surface area (Å²) in [6.45, 7) is 0.871. The molecule has 172 valence electrons. The van der Waals surface area contributed by atoms with Crippen molar-refractivity contribution in [2.45, 2.75) is 24.8 Å². The molecule has 4 rings (SSSR count). The Hall–Kier alpha value is -2.78. The normalized spacial score (nSPS) is 18.8. The lowest BCUT2D eigenvalue weighted by Crippen LogP contribution is -2.49. The molecule has 1 aromatic carbocycles. The van der Waals surface area contributed by atoms with Crippen LogP contribution in [0, 0.1) is 11.3 Å². The van der Waals surface area contributed by atoms with Crippen molar-refractivity contribution in [1.29, 1.82) is 5.26 Å². The molecule has 1 atom stereocenters. The third-order valence-corrected chi connectivity index (χ3v) is 6.88. The molecule has 0 saturated carbocycles. The predicted octanol–water partition coefficient (Wildman–Crippen LogP) is 1.77. The topological polar surface area (TPSA) is 121 Å². The standard InChI is InChI=1S/C22H21BrN4O5S/c23-16-3-1-15(2-4-16)20(29)26-11-19(28)27-13-22(31-5-6-32-22)8-18(27)21(30)25-10-14-7-17(9-24)33-12-14/h1-4,7,12,18H,5-6,8,10-11,13H2,(H,25,30)(H,26,29). The minimum atomic E-state index is -1.01. The Morgan fingerprint density at radius 1 is 1.21 bits per heavy atom. The zero-order valence-electron chi connectivity index (χ0n) is 17.5. The van der Waals surface area contributed by atoms with E-state index in [4.69, 9.17) is 14.7 Å². The van der Waals surface area contributed by atoms with Crippen LogP contribution in [0.2, 0.25) is 0 Å². The molecule has 2 fully saturated rings. The van der Waals surface area contributed by atoms with Crippen molar-refractivity contribution >= 4 is 45.0 Å². The molecule has 9 nitrogen and oxygen atoms in total. The summed E-state index contributed by atoms with van der Waals surface area (Å²) in [4.78, 5) is 40.3. The van der Waals surface area contributed by atoms with Crippen molar-refractivity contribution in [1.82, 2.24) is 15.5 Å². The van der Waals surface area contributed by atoms with Gasteiger partial charge in [-0.15, -0.1) is 11.3 Å². The number of ether oxygens (including phenoxy) is 2. The number of thiophene rings is 1. The fourth-order valence-electron chi connectivity index (χ4n) is 3.84. The summed E-state index contributed by atoms with van der Waals surface area (Å²) in [7, 11) is 0. The van der Waals surface area contributed by atoms with Crippen molar-refractivity contribution in [3.63, 3.8) is 0 Å². The maximum absolute atomic E-state index is 13.0. The summed E-state index contributed by atoms with van der Waals surface area (Å²) in [5.74, 6) is -2.14. The largest absolute Gasteiger partial charge is 0.350 e. The zero-order valence-corrected chi connectivity index (χ0v) is 19.9. The number of rotatable bonds is 6. The second-order valence-electron chi connectivity index (χ2n) is 7.69. The Kier molecular flexibility index (Phi) is 7.09. The summed E-state index contributed by atoms with van der Waals surface area (Å²) in [5, 5.41) is 16.2. The number of nitriles is 1. The molecule has 3 heterocycles. The Balaban J connectivity index is 1.40. The number of nitrogens with one attached hydrogen (secondary N) is 2. The Labute approximate surface area is 202 Å². The first-order chi connectivity index (χ1) is 15.9. The lowest BCUT2D eigenvalue weighted by atomic mass is 10.1. The van der Waals surface area contributed by atoms with E-state index >= 15 is 0 Å². The van der Waals surface area contributed by atoms with Gasteiger partial charge in [0.05, 0.1) is 26.3 Å². The van der Waals surface area contributed by atoms with Gasteiger partial charge in [-0.1, -0.05) is 15.9 Å². The first-order valence-corrected chi connectivity index (χ1v) is 11.9. The number of carbonyl (C=O) groups is 3. The molecular weight excluding hydrogens is 512 g/mol. The highest BCUT2D eigenvalue weighted by molar-refractivity contribution is 9.10. The summed E-state index contributed by atoms with van der Waals surface area (Å²) in [6, 6.07) is 9.75. The van der Waals surface area contributed by atoms with E-state index in [2.05, 4.69) is 32.6 Å². The van der Waals surface area contributed by atoms with Crippen LogP contribution < -0.4 is 10.6 Å². The third kappa shape index (κ3) is 5.42. The number of nitrogens with zero attached hydrogens (tertiary/aromatic N) is 2. The lowest BCUT2D eigenvalue weighted by molar-refractivity contribution is -0.152. The van der Waals surface area contributed by atoms with Gasteiger partial charge in [0.15, 0.2) is 5.79 Å². The number of hydrogen-bond acceptors (Lipinski definition) is 7. The predicted molar refractivity (Wildman–Crippen MR) is 122 cm³/mol. The third-order valence-electron chi connectivity index (χ3n) is 5.47. The fourth-order valence-corrected chi connectivity index (χ4v) is 4.80. The molecule has 2 aromatic rings. The van der Waals surface area contributed by atoms with Gasteiger partial charge in [-0.05, 0) is 41.3 Å². The minimum Gasteiger partial charge on any atom is -0.350 e. The highest BCUT2D eigenvalue weighted by Gasteiger charge is 2.52. The van der Waals surface area contributed by atoms with Gasteiger partial charge in [0.1, 0.15) is 17.0 Å². The van der Waals surface area contributed by atoms with Crippen LogP contribution in [0.3, 0.4) is 0 Å². The van der Waals surface area contributed by atoms with Crippen LogP contribution in [0.1, 0.15) is 27.2 Å². The second kappa shape index (κ2) is 10.0. The Morgan fingerprint density at radius 2 is 1.94 bits per heavy atom. The molecule has 33 heavy (non-hydrogen) atoms.